The van der Waals surface area contributed by atoms with Gasteiger partial charge in [-0.1, -0.05) is 52.4 Å². The van der Waals surface area contributed by atoms with Crippen molar-refractivity contribution in [2.75, 3.05) is 26.3 Å². The van der Waals surface area contributed by atoms with Crippen molar-refractivity contribution in [3.8, 4) is 0 Å². The van der Waals surface area contributed by atoms with E-state index < -0.39 is 0 Å². The summed E-state index contributed by atoms with van der Waals surface area (Å²) in [6, 6.07) is 0.825. The molecule has 0 aromatic heterocycles. The number of ether oxygens (including phenoxy) is 1. The molecule has 1 unspecified atom stereocenters. The fourth-order valence-electron chi connectivity index (χ4n) is 2.77. The molecule has 0 spiro atoms. The maximum atomic E-state index is 5.44. The number of morpholine rings is 1. The van der Waals surface area contributed by atoms with Gasteiger partial charge in [0.05, 0.1) is 13.2 Å². The summed E-state index contributed by atoms with van der Waals surface area (Å²) >= 11 is 0. The quantitative estimate of drug-likeness (QED) is 0.569. The van der Waals surface area contributed by atoms with E-state index in [1.807, 2.05) is 0 Å². The molecule has 0 amide bonds. The molecule has 0 saturated carbocycles. The lowest BCUT2D eigenvalue weighted by Crippen LogP contribution is -2.43. The number of hydrogen-bond acceptors (Lipinski definition) is 2. The predicted octanol–water partition coefficient (Wildman–Crippen LogP) is 3.85. The van der Waals surface area contributed by atoms with E-state index in [0.717, 1.165) is 32.3 Å². The maximum absolute atomic E-state index is 5.44. The zero-order valence-electron chi connectivity index (χ0n) is 11.9. The first-order valence-electron chi connectivity index (χ1n) is 7.70. The van der Waals surface area contributed by atoms with Gasteiger partial charge in [0.1, 0.15) is 0 Å². The van der Waals surface area contributed by atoms with Gasteiger partial charge in [-0.15, -0.1) is 0 Å². The molecule has 0 N–H and O–H groups in total. The van der Waals surface area contributed by atoms with Crippen LogP contribution < -0.4 is 0 Å². The summed E-state index contributed by atoms with van der Waals surface area (Å²) in [4.78, 5) is 2.66. The molecule has 1 atom stereocenters. The molecule has 0 aromatic carbocycles. The molecular weight excluding hydrogens is 210 g/mol. The third-order valence-corrected chi connectivity index (χ3v) is 3.82. The second-order valence-electron chi connectivity index (χ2n) is 5.29. The molecule has 0 bridgehead atoms. The van der Waals surface area contributed by atoms with E-state index in [1.54, 1.807) is 0 Å². The van der Waals surface area contributed by atoms with Crippen molar-refractivity contribution >= 4 is 0 Å². The number of nitrogens with zero attached hydrogens (tertiary/aromatic N) is 1. The van der Waals surface area contributed by atoms with Gasteiger partial charge in [-0.05, 0) is 12.8 Å². The molecule has 1 aliphatic heterocycles. The SMILES string of the molecule is CCCCCCCC(CCC)N1CCOCC1. The molecule has 2 nitrogen and oxygen atoms in total. The third-order valence-electron chi connectivity index (χ3n) is 3.82. The number of hydrogen-bond donors (Lipinski definition) is 0. The summed E-state index contributed by atoms with van der Waals surface area (Å²) < 4.78 is 5.44. The Labute approximate surface area is 108 Å². The maximum Gasteiger partial charge on any atom is 0.0594 e. The van der Waals surface area contributed by atoms with Crippen LogP contribution in [0.25, 0.3) is 0 Å². The fourth-order valence-corrected chi connectivity index (χ4v) is 2.77. The molecule has 17 heavy (non-hydrogen) atoms. The Hall–Kier alpha value is -0.0800. The highest BCUT2D eigenvalue weighted by atomic mass is 16.5. The van der Waals surface area contributed by atoms with Gasteiger partial charge < -0.3 is 4.74 Å². The lowest BCUT2D eigenvalue weighted by molar-refractivity contribution is 0.0122. The zero-order valence-corrected chi connectivity index (χ0v) is 11.9. The average Bonchev–Trinajstić information content (AvgIpc) is 2.38. The molecular formula is C15H31NO. The van der Waals surface area contributed by atoms with Crippen molar-refractivity contribution in [2.45, 2.75) is 71.3 Å². The predicted molar refractivity (Wildman–Crippen MR) is 74.5 cm³/mol. The molecule has 1 aliphatic rings. The van der Waals surface area contributed by atoms with Gasteiger partial charge in [-0.25, -0.2) is 0 Å². The van der Waals surface area contributed by atoms with Gasteiger partial charge in [-0.3, -0.25) is 4.90 Å². The van der Waals surface area contributed by atoms with Crippen molar-refractivity contribution in [3.63, 3.8) is 0 Å². The lowest BCUT2D eigenvalue weighted by atomic mass is 10.0. The fraction of sp³-hybridized carbons (Fsp3) is 1.00. The Kier molecular flexibility index (Phi) is 8.72. The first-order chi connectivity index (χ1) is 8.38. The normalized spacial score (nSPS) is 19.4. The third kappa shape index (κ3) is 6.42. The van der Waals surface area contributed by atoms with Crippen LogP contribution >= 0.6 is 0 Å². The Morgan fingerprint density at radius 3 is 2.24 bits per heavy atom. The standard InChI is InChI=1S/C15H31NO/c1-3-5-6-7-8-10-15(9-4-2)16-11-13-17-14-12-16/h15H,3-14H2,1-2H3. The minimum absolute atomic E-state index is 0.825. The minimum atomic E-state index is 0.825. The van der Waals surface area contributed by atoms with E-state index >= 15 is 0 Å². The molecule has 1 heterocycles. The van der Waals surface area contributed by atoms with Crippen molar-refractivity contribution in [1.29, 1.82) is 0 Å². The van der Waals surface area contributed by atoms with Crippen LogP contribution in [-0.2, 0) is 4.74 Å². The van der Waals surface area contributed by atoms with Crippen molar-refractivity contribution in [3.05, 3.63) is 0 Å². The van der Waals surface area contributed by atoms with Crippen LogP contribution in [0.2, 0.25) is 0 Å². The van der Waals surface area contributed by atoms with Crippen LogP contribution in [0.4, 0.5) is 0 Å². The van der Waals surface area contributed by atoms with Gasteiger partial charge in [0.2, 0.25) is 0 Å². The Morgan fingerprint density at radius 2 is 1.59 bits per heavy atom. The highest BCUT2D eigenvalue weighted by Crippen LogP contribution is 2.17. The summed E-state index contributed by atoms with van der Waals surface area (Å²) in [6.45, 7) is 8.78. The van der Waals surface area contributed by atoms with Crippen LogP contribution in [-0.4, -0.2) is 37.2 Å². The molecule has 0 aromatic rings. The first-order valence-corrected chi connectivity index (χ1v) is 7.70. The summed E-state index contributed by atoms with van der Waals surface area (Å²) in [7, 11) is 0. The zero-order chi connectivity index (χ0) is 12.3. The summed E-state index contributed by atoms with van der Waals surface area (Å²) in [6.07, 6.45) is 11.1. The average molecular weight is 241 g/mol. The number of rotatable bonds is 9. The van der Waals surface area contributed by atoms with Gasteiger partial charge >= 0.3 is 0 Å². The topological polar surface area (TPSA) is 12.5 Å². The molecule has 102 valence electrons. The summed E-state index contributed by atoms with van der Waals surface area (Å²) in [5.74, 6) is 0. The summed E-state index contributed by atoms with van der Waals surface area (Å²) in [5.41, 5.74) is 0. The molecule has 2 heteroatoms. The van der Waals surface area contributed by atoms with E-state index in [4.69, 9.17) is 4.74 Å². The highest BCUT2D eigenvalue weighted by Gasteiger charge is 2.19. The van der Waals surface area contributed by atoms with Crippen LogP contribution in [0, 0.1) is 0 Å². The van der Waals surface area contributed by atoms with Gasteiger partial charge in [0.25, 0.3) is 0 Å². The van der Waals surface area contributed by atoms with Crippen molar-refractivity contribution < 1.29 is 4.74 Å². The van der Waals surface area contributed by atoms with E-state index in [0.29, 0.717) is 0 Å². The molecule has 1 saturated heterocycles. The minimum Gasteiger partial charge on any atom is -0.379 e. The van der Waals surface area contributed by atoms with Crippen molar-refractivity contribution in [1.82, 2.24) is 4.90 Å². The van der Waals surface area contributed by atoms with E-state index in [9.17, 15) is 0 Å². The monoisotopic (exact) mass is 241 g/mol. The highest BCUT2D eigenvalue weighted by molar-refractivity contribution is 4.73. The summed E-state index contributed by atoms with van der Waals surface area (Å²) in [5, 5.41) is 0. The van der Waals surface area contributed by atoms with Gasteiger partial charge in [0, 0.05) is 19.1 Å². The Bertz CT molecular complexity index is 166. The van der Waals surface area contributed by atoms with Crippen LogP contribution in [0.5, 0.6) is 0 Å². The van der Waals surface area contributed by atoms with Gasteiger partial charge in [-0.2, -0.15) is 0 Å². The van der Waals surface area contributed by atoms with Crippen LogP contribution in [0.3, 0.4) is 0 Å². The second kappa shape index (κ2) is 9.90. The largest absolute Gasteiger partial charge is 0.379 e. The second-order valence-corrected chi connectivity index (χ2v) is 5.29. The van der Waals surface area contributed by atoms with Crippen LogP contribution in [0.1, 0.15) is 65.2 Å². The smallest absolute Gasteiger partial charge is 0.0594 e. The van der Waals surface area contributed by atoms with Gasteiger partial charge in [0.15, 0.2) is 0 Å². The van der Waals surface area contributed by atoms with Crippen LogP contribution in [0.15, 0.2) is 0 Å². The Balaban J connectivity index is 2.17. The first kappa shape index (κ1) is 15.0. The lowest BCUT2D eigenvalue weighted by Gasteiger charge is -2.34. The van der Waals surface area contributed by atoms with E-state index in [2.05, 4.69) is 18.7 Å². The molecule has 0 aliphatic carbocycles. The Morgan fingerprint density at radius 1 is 0.882 bits per heavy atom. The molecule has 1 rings (SSSR count). The van der Waals surface area contributed by atoms with E-state index in [-0.39, 0.29) is 0 Å². The number of unbranched alkanes of at least 4 members (excludes halogenated alkanes) is 4. The molecule has 1 fully saturated rings. The van der Waals surface area contributed by atoms with E-state index in [1.165, 1.54) is 51.4 Å². The molecule has 0 radical (unpaired) electrons. The van der Waals surface area contributed by atoms with Crippen molar-refractivity contribution in [2.24, 2.45) is 0 Å².